The monoisotopic (exact) mass is 387 g/mol. The molecule has 2 amide bonds. The molecule has 1 aliphatic heterocycles. The van der Waals surface area contributed by atoms with Crippen LogP contribution in [-0.4, -0.2) is 34.3 Å². The highest BCUT2D eigenvalue weighted by Crippen LogP contribution is 2.31. The van der Waals surface area contributed by atoms with Crippen molar-refractivity contribution in [3.63, 3.8) is 0 Å². The van der Waals surface area contributed by atoms with Crippen molar-refractivity contribution in [2.45, 2.75) is 38.8 Å². The van der Waals surface area contributed by atoms with E-state index in [1.54, 1.807) is 4.90 Å². The van der Waals surface area contributed by atoms with Gasteiger partial charge in [0.2, 0.25) is 11.8 Å². The smallest absolute Gasteiger partial charge is 0.225 e. The van der Waals surface area contributed by atoms with Crippen molar-refractivity contribution in [1.29, 1.82) is 0 Å². The standard InChI is InChI=1S/C24H25N3O2/c1-15-7-8-21-19(9-15)20-11-18(12-22(20)26-21)25-24(29)17-10-23(28)27(14-17)13-16-5-3-2-4-6-16/h2-9,17-18,26H,10-14H2,1H3,(H,25,29). The van der Waals surface area contributed by atoms with Gasteiger partial charge in [-0.05, 0) is 36.6 Å². The lowest BCUT2D eigenvalue weighted by molar-refractivity contribution is -0.129. The van der Waals surface area contributed by atoms with Crippen LogP contribution in [0.2, 0.25) is 0 Å². The van der Waals surface area contributed by atoms with Crippen LogP contribution >= 0.6 is 0 Å². The molecule has 2 N–H and O–H groups in total. The molecule has 2 unspecified atom stereocenters. The van der Waals surface area contributed by atoms with E-state index in [0.717, 1.165) is 18.4 Å². The Hall–Kier alpha value is -3.08. The average molecular weight is 387 g/mol. The van der Waals surface area contributed by atoms with Gasteiger partial charge in [-0.25, -0.2) is 0 Å². The molecule has 5 rings (SSSR count). The molecule has 1 fully saturated rings. The van der Waals surface area contributed by atoms with E-state index < -0.39 is 0 Å². The quantitative estimate of drug-likeness (QED) is 0.722. The van der Waals surface area contributed by atoms with E-state index >= 15 is 0 Å². The molecule has 5 heteroatoms. The van der Waals surface area contributed by atoms with E-state index in [2.05, 4.69) is 35.4 Å². The molecule has 2 aromatic carbocycles. The van der Waals surface area contributed by atoms with Gasteiger partial charge in [0.15, 0.2) is 0 Å². The summed E-state index contributed by atoms with van der Waals surface area (Å²) in [4.78, 5) is 30.5. The first-order valence-electron chi connectivity index (χ1n) is 10.3. The van der Waals surface area contributed by atoms with Gasteiger partial charge in [0.05, 0.1) is 5.92 Å². The van der Waals surface area contributed by atoms with Crippen LogP contribution in [-0.2, 0) is 29.0 Å². The largest absolute Gasteiger partial charge is 0.358 e. The van der Waals surface area contributed by atoms with Crippen LogP contribution < -0.4 is 5.32 Å². The van der Waals surface area contributed by atoms with Gasteiger partial charge in [-0.1, -0.05) is 42.0 Å². The zero-order chi connectivity index (χ0) is 20.0. The van der Waals surface area contributed by atoms with Gasteiger partial charge in [-0.3, -0.25) is 9.59 Å². The van der Waals surface area contributed by atoms with E-state index in [-0.39, 0.29) is 23.8 Å². The molecule has 0 bridgehead atoms. The van der Waals surface area contributed by atoms with Crippen LogP contribution in [0.25, 0.3) is 10.9 Å². The number of H-pyrrole nitrogens is 1. The third kappa shape index (κ3) is 3.41. The SMILES string of the molecule is Cc1ccc2[nH]c3c(c2c1)CC(NC(=O)C1CC(=O)N(Cc2ccccc2)C1)C3. The molecular weight excluding hydrogens is 362 g/mol. The van der Waals surface area contributed by atoms with Crippen LogP contribution in [0.1, 0.15) is 28.8 Å². The third-order valence-corrected chi connectivity index (χ3v) is 6.20. The number of likely N-dealkylation sites (tertiary alicyclic amines) is 1. The van der Waals surface area contributed by atoms with Gasteiger partial charge in [-0.15, -0.1) is 0 Å². The van der Waals surface area contributed by atoms with Gasteiger partial charge >= 0.3 is 0 Å². The van der Waals surface area contributed by atoms with Gasteiger partial charge in [0.1, 0.15) is 0 Å². The lowest BCUT2D eigenvalue weighted by Crippen LogP contribution is -2.40. The summed E-state index contributed by atoms with van der Waals surface area (Å²) in [5.74, 6) is -0.194. The molecule has 5 nitrogen and oxygen atoms in total. The molecule has 0 saturated carbocycles. The first-order chi connectivity index (χ1) is 14.1. The Morgan fingerprint density at radius 3 is 2.79 bits per heavy atom. The van der Waals surface area contributed by atoms with Gasteiger partial charge in [0.25, 0.3) is 0 Å². The second-order valence-corrected chi connectivity index (χ2v) is 8.41. The summed E-state index contributed by atoms with van der Waals surface area (Å²) in [7, 11) is 0. The van der Waals surface area contributed by atoms with Gasteiger partial charge in [0, 0.05) is 48.6 Å². The molecular formula is C24H25N3O2. The number of carbonyl (C=O) groups is 2. The number of nitrogens with zero attached hydrogens (tertiary/aromatic N) is 1. The summed E-state index contributed by atoms with van der Waals surface area (Å²) in [5.41, 5.74) is 6.06. The zero-order valence-corrected chi connectivity index (χ0v) is 16.6. The second kappa shape index (κ2) is 7.07. The molecule has 0 spiro atoms. The Bertz CT molecular complexity index is 1090. The van der Waals surface area contributed by atoms with E-state index in [1.165, 1.54) is 27.7 Å². The Morgan fingerprint density at radius 1 is 1.14 bits per heavy atom. The molecule has 2 atom stereocenters. The van der Waals surface area contributed by atoms with Crippen LogP contribution in [0.5, 0.6) is 0 Å². The van der Waals surface area contributed by atoms with Crippen LogP contribution in [0.4, 0.5) is 0 Å². The van der Waals surface area contributed by atoms with E-state index in [0.29, 0.717) is 19.5 Å². The van der Waals surface area contributed by atoms with Crippen molar-refractivity contribution in [1.82, 2.24) is 15.2 Å². The number of aryl methyl sites for hydroxylation is 1. The number of rotatable bonds is 4. The summed E-state index contributed by atoms with van der Waals surface area (Å²) in [5, 5.41) is 4.47. The van der Waals surface area contributed by atoms with Crippen LogP contribution in [0, 0.1) is 12.8 Å². The molecule has 148 valence electrons. The molecule has 2 aliphatic rings. The summed E-state index contributed by atoms with van der Waals surface area (Å²) in [6.07, 6.45) is 1.97. The Balaban J connectivity index is 1.22. The van der Waals surface area contributed by atoms with E-state index in [9.17, 15) is 9.59 Å². The predicted octanol–water partition coefficient (Wildman–Crippen LogP) is 3.11. The van der Waals surface area contributed by atoms with Crippen molar-refractivity contribution >= 4 is 22.7 Å². The third-order valence-electron chi connectivity index (χ3n) is 6.20. The lowest BCUT2D eigenvalue weighted by Gasteiger charge is -2.18. The fourth-order valence-corrected chi connectivity index (χ4v) is 4.72. The molecule has 3 aromatic rings. The Kier molecular flexibility index (Phi) is 4.38. The number of nitrogens with one attached hydrogen (secondary N) is 2. The van der Waals surface area contributed by atoms with Crippen molar-refractivity contribution in [2.24, 2.45) is 5.92 Å². The highest BCUT2D eigenvalue weighted by Gasteiger charge is 2.36. The molecule has 0 radical (unpaired) electrons. The van der Waals surface area contributed by atoms with Crippen molar-refractivity contribution < 1.29 is 9.59 Å². The van der Waals surface area contributed by atoms with Crippen LogP contribution in [0.15, 0.2) is 48.5 Å². The first kappa shape index (κ1) is 18.0. The minimum absolute atomic E-state index is 0.00421. The van der Waals surface area contributed by atoms with Crippen LogP contribution in [0.3, 0.4) is 0 Å². The van der Waals surface area contributed by atoms with Crippen molar-refractivity contribution in [3.05, 3.63) is 70.9 Å². The summed E-state index contributed by atoms with van der Waals surface area (Å²) >= 11 is 0. The Morgan fingerprint density at radius 2 is 1.97 bits per heavy atom. The van der Waals surface area contributed by atoms with Gasteiger partial charge in [-0.2, -0.15) is 0 Å². The molecule has 2 heterocycles. The number of hydrogen-bond donors (Lipinski definition) is 2. The minimum Gasteiger partial charge on any atom is -0.358 e. The molecule has 1 aromatic heterocycles. The molecule has 1 aliphatic carbocycles. The maximum absolute atomic E-state index is 12.8. The zero-order valence-electron chi connectivity index (χ0n) is 16.6. The van der Waals surface area contributed by atoms with E-state index in [4.69, 9.17) is 0 Å². The number of hydrogen-bond acceptors (Lipinski definition) is 2. The van der Waals surface area contributed by atoms with Crippen molar-refractivity contribution in [2.75, 3.05) is 6.54 Å². The summed E-state index contributed by atoms with van der Waals surface area (Å²) in [6.45, 7) is 3.17. The first-order valence-corrected chi connectivity index (χ1v) is 10.3. The normalized spacial score (nSPS) is 21.0. The fourth-order valence-electron chi connectivity index (χ4n) is 4.72. The minimum atomic E-state index is -0.260. The average Bonchev–Trinajstić information content (AvgIpc) is 3.36. The highest BCUT2D eigenvalue weighted by atomic mass is 16.2. The lowest BCUT2D eigenvalue weighted by atomic mass is 10.1. The Labute approximate surface area is 170 Å². The van der Waals surface area contributed by atoms with Crippen molar-refractivity contribution in [3.8, 4) is 0 Å². The number of aromatic amines is 1. The summed E-state index contributed by atoms with van der Waals surface area (Å²) < 4.78 is 0. The maximum Gasteiger partial charge on any atom is 0.225 e. The maximum atomic E-state index is 12.8. The predicted molar refractivity (Wildman–Crippen MR) is 112 cm³/mol. The number of aromatic nitrogens is 1. The number of amides is 2. The highest BCUT2D eigenvalue weighted by molar-refractivity contribution is 5.90. The number of carbonyl (C=O) groups excluding carboxylic acids is 2. The number of benzene rings is 2. The van der Waals surface area contributed by atoms with Gasteiger partial charge < -0.3 is 15.2 Å². The topological polar surface area (TPSA) is 65.2 Å². The molecule has 1 saturated heterocycles. The summed E-state index contributed by atoms with van der Waals surface area (Å²) in [6, 6.07) is 16.5. The fraction of sp³-hybridized carbons (Fsp3) is 0.333. The molecule has 29 heavy (non-hydrogen) atoms. The second-order valence-electron chi connectivity index (χ2n) is 8.41. The number of fused-ring (bicyclic) bond motifs is 3. The van der Waals surface area contributed by atoms with E-state index in [1.807, 2.05) is 30.3 Å².